The molecule has 0 saturated carbocycles. The fourth-order valence-corrected chi connectivity index (χ4v) is 2.94. The minimum Gasteiger partial charge on any atom is -0.347 e. The second-order valence-electron chi connectivity index (χ2n) is 5.66. The summed E-state index contributed by atoms with van der Waals surface area (Å²) < 4.78 is 1.89. The number of piperazine rings is 1. The quantitative estimate of drug-likeness (QED) is 0.845. The van der Waals surface area contributed by atoms with Crippen LogP contribution in [0.3, 0.4) is 0 Å². The van der Waals surface area contributed by atoms with Gasteiger partial charge in [0, 0.05) is 32.9 Å². The van der Waals surface area contributed by atoms with Crippen molar-refractivity contribution in [3.8, 4) is 0 Å². The van der Waals surface area contributed by atoms with Gasteiger partial charge in [-0.05, 0) is 24.7 Å². The van der Waals surface area contributed by atoms with Crippen LogP contribution in [0.15, 0.2) is 48.7 Å². The van der Waals surface area contributed by atoms with Crippen LogP contribution < -0.4 is 0 Å². The van der Waals surface area contributed by atoms with E-state index in [4.69, 9.17) is 0 Å². The molecular formula is C17H21N3O. The van der Waals surface area contributed by atoms with Gasteiger partial charge in [0.25, 0.3) is 5.91 Å². The molecule has 1 aromatic carbocycles. The zero-order valence-electron chi connectivity index (χ0n) is 12.6. The van der Waals surface area contributed by atoms with Crippen molar-refractivity contribution in [3.63, 3.8) is 0 Å². The van der Waals surface area contributed by atoms with Gasteiger partial charge in [-0.3, -0.25) is 9.69 Å². The van der Waals surface area contributed by atoms with E-state index in [1.54, 1.807) is 0 Å². The van der Waals surface area contributed by atoms with Crippen LogP contribution in [0.4, 0.5) is 0 Å². The van der Waals surface area contributed by atoms with E-state index in [0.717, 1.165) is 25.3 Å². The van der Waals surface area contributed by atoms with Crippen molar-refractivity contribution in [1.82, 2.24) is 14.4 Å². The smallest absolute Gasteiger partial charge is 0.270 e. The first kappa shape index (κ1) is 13.9. The average molecular weight is 283 g/mol. The fraction of sp³-hybridized carbons (Fsp3) is 0.353. The molecule has 1 aliphatic rings. The molecule has 0 N–H and O–H groups in total. The summed E-state index contributed by atoms with van der Waals surface area (Å²) >= 11 is 0. The van der Waals surface area contributed by atoms with Crippen LogP contribution in [-0.2, 0) is 7.05 Å². The lowest BCUT2D eigenvalue weighted by molar-refractivity contribution is 0.0537. The Morgan fingerprint density at radius 3 is 2.48 bits per heavy atom. The Labute approximate surface area is 125 Å². The van der Waals surface area contributed by atoms with Crippen LogP contribution in [0.2, 0.25) is 0 Å². The maximum Gasteiger partial charge on any atom is 0.270 e. The number of hydrogen-bond donors (Lipinski definition) is 0. The zero-order chi connectivity index (χ0) is 14.8. The summed E-state index contributed by atoms with van der Waals surface area (Å²) in [7, 11) is 4.04. The molecule has 1 atom stereocenters. The van der Waals surface area contributed by atoms with Crippen molar-refractivity contribution in [2.75, 3.05) is 26.7 Å². The summed E-state index contributed by atoms with van der Waals surface area (Å²) in [5.41, 5.74) is 2.02. The van der Waals surface area contributed by atoms with Crippen molar-refractivity contribution in [2.24, 2.45) is 7.05 Å². The molecule has 110 valence electrons. The van der Waals surface area contributed by atoms with E-state index in [2.05, 4.69) is 36.2 Å². The maximum absolute atomic E-state index is 12.7. The maximum atomic E-state index is 12.7. The lowest BCUT2D eigenvalue weighted by Gasteiger charge is -2.39. The van der Waals surface area contributed by atoms with E-state index in [9.17, 15) is 4.79 Å². The molecule has 1 saturated heterocycles. The van der Waals surface area contributed by atoms with Gasteiger partial charge in [0.15, 0.2) is 0 Å². The van der Waals surface area contributed by atoms with E-state index in [1.165, 1.54) is 5.56 Å². The van der Waals surface area contributed by atoms with Gasteiger partial charge in [-0.25, -0.2) is 0 Å². The Bertz CT molecular complexity index is 620. The molecule has 4 nitrogen and oxygen atoms in total. The molecule has 1 aromatic heterocycles. The predicted molar refractivity (Wildman–Crippen MR) is 83.1 cm³/mol. The van der Waals surface area contributed by atoms with Crippen LogP contribution in [0.5, 0.6) is 0 Å². The summed E-state index contributed by atoms with van der Waals surface area (Å²) in [5.74, 6) is 0.122. The van der Waals surface area contributed by atoms with Gasteiger partial charge in [0.2, 0.25) is 0 Å². The van der Waals surface area contributed by atoms with Gasteiger partial charge in [0.05, 0.1) is 6.04 Å². The third kappa shape index (κ3) is 2.72. The lowest BCUT2D eigenvalue weighted by atomic mass is 10.0. The number of aromatic nitrogens is 1. The van der Waals surface area contributed by atoms with Crippen molar-refractivity contribution in [1.29, 1.82) is 0 Å². The largest absolute Gasteiger partial charge is 0.347 e. The van der Waals surface area contributed by atoms with Crippen LogP contribution in [-0.4, -0.2) is 47.0 Å². The Balaban J connectivity index is 1.80. The highest BCUT2D eigenvalue weighted by atomic mass is 16.2. The molecule has 0 radical (unpaired) electrons. The molecule has 2 heterocycles. The predicted octanol–water partition coefficient (Wildman–Crippen LogP) is 2.15. The molecule has 1 fully saturated rings. The molecule has 21 heavy (non-hydrogen) atoms. The van der Waals surface area contributed by atoms with E-state index in [0.29, 0.717) is 0 Å². The minimum absolute atomic E-state index is 0.122. The van der Waals surface area contributed by atoms with Crippen LogP contribution in [0, 0.1) is 0 Å². The van der Waals surface area contributed by atoms with Crippen molar-refractivity contribution in [3.05, 3.63) is 59.9 Å². The Kier molecular flexibility index (Phi) is 3.80. The monoisotopic (exact) mass is 283 g/mol. The number of amides is 1. The Morgan fingerprint density at radius 2 is 1.81 bits per heavy atom. The molecule has 1 amide bonds. The Hall–Kier alpha value is -2.07. The summed E-state index contributed by atoms with van der Waals surface area (Å²) in [4.78, 5) is 16.9. The number of benzene rings is 1. The topological polar surface area (TPSA) is 28.5 Å². The highest BCUT2D eigenvalue weighted by Crippen LogP contribution is 2.24. The van der Waals surface area contributed by atoms with Crippen LogP contribution in [0.25, 0.3) is 0 Å². The molecular weight excluding hydrogens is 262 g/mol. The normalized spacial score (nSPS) is 19.7. The summed E-state index contributed by atoms with van der Waals surface area (Å²) in [6.07, 6.45) is 1.91. The second kappa shape index (κ2) is 5.74. The summed E-state index contributed by atoms with van der Waals surface area (Å²) in [6, 6.07) is 14.5. The first-order valence-corrected chi connectivity index (χ1v) is 7.32. The first-order chi connectivity index (χ1) is 10.2. The molecule has 0 unspecified atom stereocenters. The summed E-state index contributed by atoms with van der Waals surface area (Å²) in [6.45, 7) is 2.42. The molecule has 1 aliphatic heterocycles. The third-order valence-corrected chi connectivity index (χ3v) is 4.28. The van der Waals surface area contributed by atoms with Gasteiger partial charge >= 0.3 is 0 Å². The SMILES string of the molecule is CN1CCN(C(=O)c2cccn2C)C[C@@H]1c1ccccc1. The molecule has 3 rings (SSSR count). The van der Waals surface area contributed by atoms with E-state index in [1.807, 2.05) is 40.9 Å². The van der Waals surface area contributed by atoms with Crippen LogP contribution >= 0.6 is 0 Å². The number of aryl methyl sites for hydroxylation is 1. The molecule has 0 bridgehead atoms. The second-order valence-corrected chi connectivity index (χ2v) is 5.66. The number of hydrogen-bond acceptors (Lipinski definition) is 2. The van der Waals surface area contributed by atoms with E-state index < -0.39 is 0 Å². The standard InChI is InChI=1S/C17H21N3O/c1-18-10-6-9-15(18)17(21)20-12-11-19(2)16(13-20)14-7-4-3-5-8-14/h3-10,16H,11-13H2,1-2H3/t16-/m1/s1. The van der Waals surface area contributed by atoms with Crippen molar-refractivity contribution >= 4 is 5.91 Å². The van der Waals surface area contributed by atoms with Crippen LogP contribution in [0.1, 0.15) is 22.1 Å². The number of carbonyl (C=O) groups is 1. The molecule has 4 heteroatoms. The van der Waals surface area contributed by atoms with Gasteiger partial charge in [-0.15, -0.1) is 0 Å². The fourth-order valence-electron chi connectivity index (χ4n) is 2.94. The zero-order valence-corrected chi connectivity index (χ0v) is 12.6. The van der Waals surface area contributed by atoms with E-state index in [-0.39, 0.29) is 11.9 Å². The van der Waals surface area contributed by atoms with Crippen molar-refractivity contribution in [2.45, 2.75) is 6.04 Å². The summed E-state index contributed by atoms with van der Waals surface area (Å²) in [5, 5.41) is 0. The van der Waals surface area contributed by atoms with Gasteiger partial charge < -0.3 is 9.47 Å². The lowest BCUT2D eigenvalue weighted by Crippen LogP contribution is -2.49. The number of carbonyl (C=O) groups excluding carboxylic acids is 1. The number of rotatable bonds is 2. The van der Waals surface area contributed by atoms with Crippen molar-refractivity contribution < 1.29 is 4.79 Å². The first-order valence-electron chi connectivity index (χ1n) is 7.32. The highest BCUT2D eigenvalue weighted by Gasteiger charge is 2.29. The van der Waals surface area contributed by atoms with E-state index >= 15 is 0 Å². The molecule has 0 aliphatic carbocycles. The average Bonchev–Trinajstić information content (AvgIpc) is 2.94. The Morgan fingerprint density at radius 1 is 1.05 bits per heavy atom. The van der Waals surface area contributed by atoms with Gasteiger partial charge in [0.1, 0.15) is 5.69 Å². The molecule has 2 aromatic rings. The van der Waals surface area contributed by atoms with Gasteiger partial charge in [-0.1, -0.05) is 30.3 Å². The number of likely N-dealkylation sites (N-methyl/N-ethyl adjacent to an activating group) is 1. The highest BCUT2D eigenvalue weighted by molar-refractivity contribution is 5.92. The third-order valence-electron chi connectivity index (χ3n) is 4.28. The molecule has 0 spiro atoms. The number of nitrogens with zero attached hydrogens (tertiary/aromatic N) is 3. The van der Waals surface area contributed by atoms with Gasteiger partial charge in [-0.2, -0.15) is 0 Å². The minimum atomic E-state index is 0.122.